The minimum Gasteiger partial charge on any atom is -0.382 e. The van der Waals surface area contributed by atoms with Crippen LogP contribution < -0.4 is 5.73 Å². The molecule has 1 unspecified atom stereocenters. The van der Waals surface area contributed by atoms with Gasteiger partial charge < -0.3 is 15.4 Å². The quantitative estimate of drug-likeness (QED) is 0.310. The lowest BCUT2D eigenvalue weighted by atomic mass is 10.2. The Bertz CT molecular complexity index is 430. The fourth-order valence-corrected chi connectivity index (χ4v) is 2.46. The average molecular weight is 307 g/mol. The van der Waals surface area contributed by atoms with Crippen molar-refractivity contribution in [1.82, 2.24) is 4.90 Å². The first-order valence-electron chi connectivity index (χ1n) is 6.17. The Morgan fingerprint density at radius 1 is 1.65 bits per heavy atom. The lowest BCUT2D eigenvalue weighted by molar-refractivity contribution is -0.126. The van der Waals surface area contributed by atoms with Crippen molar-refractivity contribution in [3.8, 4) is 0 Å². The van der Waals surface area contributed by atoms with Crippen LogP contribution in [0.4, 0.5) is 4.39 Å². The van der Waals surface area contributed by atoms with Gasteiger partial charge in [-0.25, -0.2) is 4.39 Å². The van der Waals surface area contributed by atoms with Crippen molar-refractivity contribution in [1.29, 1.82) is 0 Å². The van der Waals surface area contributed by atoms with Crippen LogP contribution in [0.1, 0.15) is 19.3 Å². The third kappa shape index (κ3) is 5.03. The van der Waals surface area contributed by atoms with Crippen molar-refractivity contribution in [2.24, 2.45) is 10.7 Å². The van der Waals surface area contributed by atoms with Gasteiger partial charge in [0.1, 0.15) is 6.23 Å². The summed E-state index contributed by atoms with van der Waals surface area (Å²) in [7, 11) is -1.17. The van der Waals surface area contributed by atoms with Crippen LogP contribution >= 0.6 is 8.03 Å². The number of aliphatic imine (C=N–C) groups is 1. The number of amides is 1. The van der Waals surface area contributed by atoms with Crippen molar-refractivity contribution >= 4 is 20.3 Å². The highest BCUT2D eigenvalue weighted by molar-refractivity contribution is 7.37. The zero-order valence-electron chi connectivity index (χ0n) is 11.2. The Hall–Kier alpha value is -1.24. The van der Waals surface area contributed by atoms with Gasteiger partial charge in [-0.2, -0.15) is 0 Å². The topological polar surface area (TPSA) is 105 Å². The van der Waals surface area contributed by atoms with Crippen molar-refractivity contribution in [3.63, 3.8) is 0 Å². The monoisotopic (exact) mass is 307 g/mol. The third-order valence-electron chi connectivity index (χ3n) is 2.97. The number of amidine groups is 1. The smallest absolute Gasteiger partial charge is 0.215 e. The van der Waals surface area contributed by atoms with E-state index in [0.717, 1.165) is 11.1 Å². The predicted molar refractivity (Wildman–Crippen MR) is 73.2 cm³/mol. The van der Waals surface area contributed by atoms with Crippen molar-refractivity contribution in [3.05, 3.63) is 12.0 Å². The number of nitrogens with two attached hydrogens (primary N) is 1. The molecule has 1 heterocycles. The summed E-state index contributed by atoms with van der Waals surface area (Å²) in [5.41, 5.74) is 5.29. The Morgan fingerprint density at radius 2 is 2.35 bits per heavy atom. The number of rotatable bonds is 7. The lowest BCUT2D eigenvalue weighted by Crippen LogP contribution is -2.31. The molecule has 0 bridgehead atoms. The minimum absolute atomic E-state index is 0.183. The number of nitrogens with zero attached hydrogens (tertiary/aromatic N) is 2. The van der Waals surface area contributed by atoms with E-state index in [1.54, 1.807) is 0 Å². The molecule has 0 radical (unpaired) electrons. The van der Waals surface area contributed by atoms with E-state index in [2.05, 4.69) is 4.99 Å². The molecule has 0 aromatic carbocycles. The Morgan fingerprint density at radius 3 is 2.90 bits per heavy atom. The number of ether oxygens (including phenoxy) is 1. The SMILES string of the molecule is C/N=C(N)\C(F)=C/N(C=O)[C@H]1CC[C@@H](CC[PH](=O)O)O1. The molecule has 7 nitrogen and oxygen atoms in total. The van der Waals surface area contributed by atoms with Gasteiger partial charge in [0.15, 0.2) is 19.7 Å². The van der Waals surface area contributed by atoms with Crippen LogP contribution in [0, 0.1) is 0 Å². The minimum atomic E-state index is -2.51. The van der Waals surface area contributed by atoms with Crippen molar-refractivity contribution in [2.75, 3.05) is 13.2 Å². The fraction of sp³-hybridized carbons (Fsp3) is 0.636. The van der Waals surface area contributed by atoms with Gasteiger partial charge in [-0.15, -0.1) is 0 Å². The number of carbonyl (C=O) groups is 1. The summed E-state index contributed by atoms with van der Waals surface area (Å²) in [5.74, 6) is -1.11. The molecule has 1 saturated heterocycles. The van der Waals surface area contributed by atoms with Crippen LogP contribution in [0.25, 0.3) is 0 Å². The lowest BCUT2D eigenvalue weighted by Gasteiger charge is -2.21. The molecule has 0 aliphatic carbocycles. The molecule has 1 aliphatic heterocycles. The summed E-state index contributed by atoms with van der Waals surface area (Å²) in [6.45, 7) is 0. The maximum absolute atomic E-state index is 13.5. The molecule has 9 heteroatoms. The third-order valence-corrected chi connectivity index (χ3v) is 3.68. The van der Waals surface area contributed by atoms with E-state index in [0.29, 0.717) is 25.7 Å². The standard InChI is InChI=1S/C11H19FN3O4P/c1-14-11(13)9(12)6-15(7-16)10-3-2-8(19-10)4-5-20(17)18/h6-8,10,20H,2-5H2,1H3,(H2,13,14)(H,17,18)/b9-6+/t8-,10+/m0/s1. The Kier molecular flexibility index (Phi) is 6.84. The molecular formula is C11H19FN3O4P. The first-order valence-corrected chi connectivity index (χ1v) is 7.74. The first kappa shape index (κ1) is 16.8. The van der Waals surface area contributed by atoms with Crippen LogP contribution in [0.15, 0.2) is 17.0 Å². The van der Waals surface area contributed by atoms with Crippen LogP contribution in [-0.2, 0) is 14.1 Å². The summed E-state index contributed by atoms with van der Waals surface area (Å²) < 4.78 is 29.7. The van der Waals surface area contributed by atoms with Crippen molar-refractivity contribution in [2.45, 2.75) is 31.6 Å². The molecular weight excluding hydrogens is 288 g/mol. The molecule has 0 spiro atoms. The summed E-state index contributed by atoms with van der Waals surface area (Å²) in [6, 6.07) is 0. The normalized spacial score (nSPS) is 25.6. The van der Waals surface area contributed by atoms with Crippen LogP contribution in [0.5, 0.6) is 0 Å². The second-order valence-electron chi connectivity index (χ2n) is 4.36. The predicted octanol–water partition coefficient (Wildman–Crippen LogP) is 0.605. The molecule has 0 aromatic rings. The maximum atomic E-state index is 13.5. The molecule has 0 aromatic heterocycles. The molecule has 0 saturated carbocycles. The molecule has 1 aliphatic rings. The van der Waals surface area contributed by atoms with E-state index < -0.39 is 20.1 Å². The zero-order chi connectivity index (χ0) is 15.1. The van der Waals surface area contributed by atoms with Crippen LogP contribution in [0.3, 0.4) is 0 Å². The van der Waals surface area contributed by atoms with Gasteiger partial charge in [0.2, 0.25) is 6.41 Å². The summed E-state index contributed by atoms with van der Waals surface area (Å²) >= 11 is 0. The molecule has 20 heavy (non-hydrogen) atoms. The maximum Gasteiger partial charge on any atom is 0.215 e. The summed E-state index contributed by atoms with van der Waals surface area (Å²) in [4.78, 5) is 24.3. The molecule has 3 N–H and O–H groups in total. The van der Waals surface area contributed by atoms with E-state index >= 15 is 0 Å². The Balaban J connectivity index is 2.60. The molecule has 1 fully saturated rings. The van der Waals surface area contributed by atoms with E-state index in [9.17, 15) is 13.8 Å². The number of hydrogen-bond acceptors (Lipinski definition) is 4. The second-order valence-corrected chi connectivity index (χ2v) is 5.65. The molecule has 1 amide bonds. The Labute approximate surface area is 117 Å². The zero-order valence-corrected chi connectivity index (χ0v) is 12.2. The van der Waals surface area contributed by atoms with E-state index in [-0.39, 0.29) is 18.1 Å². The molecule has 114 valence electrons. The van der Waals surface area contributed by atoms with Gasteiger partial charge in [0.25, 0.3) is 0 Å². The highest BCUT2D eigenvalue weighted by atomic mass is 31.1. The number of carbonyl (C=O) groups excluding carboxylic acids is 1. The van der Waals surface area contributed by atoms with E-state index in [1.807, 2.05) is 0 Å². The highest BCUT2D eigenvalue weighted by Crippen LogP contribution is 2.27. The van der Waals surface area contributed by atoms with Gasteiger partial charge in [-0.05, 0) is 19.3 Å². The van der Waals surface area contributed by atoms with Gasteiger partial charge in [0, 0.05) is 19.4 Å². The van der Waals surface area contributed by atoms with Crippen molar-refractivity contribution < 1.29 is 23.4 Å². The van der Waals surface area contributed by atoms with Gasteiger partial charge >= 0.3 is 0 Å². The van der Waals surface area contributed by atoms with Gasteiger partial charge in [-0.3, -0.25) is 19.3 Å². The number of hydrogen-bond donors (Lipinski definition) is 2. The average Bonchev–Trinajstić information content (AvgIpc) is 2.89. The fourth-order valence-electron chi connectivity index (χ4n) is 1.89. The molecule has 1 rings (SSSR count). The van der Waals surface area contributed by atoms with E-state index in [4.69, 9.17) is 15.4 Å². The number of halogens is 1. The highest BCUT2D eigenvalue weighted by Gasteiger charge is 2.29. The van der Waals surface area contributed by atoms with Gasteiger partial charge in [0.05, 0.1) is 6.10 Å². The summed E-state index contributed by atoms with van der Waals surface area (Å²) in [6.07, 6.45) is 2.41. The van der Waals surface area contributed by atoms with Gasteiger partial charge in [-0.1, -0.05) is 0 Å². The molecule has 3 atom stereocenters. The summed E-state index contributed by atoms with van der Waals surface area (Å²) in [5, 5.41) is 0. The van der Waals surface area contributed by atoms with Crippen LogP contribution in [0.2, 0.25) is 0 Å². The van der Waals surface area contributed by atoms with Crippen LogP contribution in [-0.4, -0.2) is 47.6 Å². The van der Waals surface area contributed by atoms with E-state index in [1.165, 1.54) is 7.05 Å². The first-order chi connectivity index (χ1) is 9.47. The second kappa shape index (κ2) is 8.14. The largest absolute Gasteiger partial charge is 0.382 e.